The van der Waals surface area contributed by atoms with Gasteiger partial charge in [-0.15, -0.1) is 0 Å². The SMILES string of the molecule is Nc1cc(Cl)c(Oc2ccc(Cl)cc2N)cc1Cl. The molecule has 0 atom stereocenters. The quantitative estimate of drug-likeness (QED) is 0.797. The van der Waals surface area contributed by atoms with Crippen molar-refractivity contribution in [1.29, 1.82) is 0 Å². The third-order valence-corrected chi connectivity index (χ3v) is 3.10. The molecule has 2 aromatic rings. The van der Waals surface area contributed by atoms with Crippen LogP contribution in [0.2, 0.25) is 15.1 Å². The number of hydrogen-bond acceptors (Lipinski definition) is 3. The highest BCUT2D eigenvalue weighted by Gasteiger charge is 2.09. The third kappa shape index (κ3) is 2.75. The molecule has 6 heteroatoms. The highest BCUT2D eigenvalue weighted by Crippen LogP contribution is 2.37. The predicted octanol–water partition coefficient (Wildman–Crippen LogP) is 4.60. The lowest BCUT2D eigenvalue weighted by Crippen LogP contribution is -1.94. The van der Waals surface area contributed by atoms with Gasteiger partial charge in [-0.25, -0.2) is 0 Å². The van der Waals surface area contributed by atoms with E-state index in [1.54, 1.807) is 18.2 Å². The van der Waals surface area contributed by atoms with E-state index in [2.05, 4.69) is 0 Å². The van der Waals surface area contributed by atoms with Gasteiger partial charge in [0, 0.05) is 11.1 Å². The number of nitrogens with two attached hydrogens (primary N) is 2. The summed E-state index contributed by atoms with van der Waals surface area (Å²) in [6.45, 7) is 0. The molecule has 0 radical (unpaired) electrons. The van der Waals surface area contributed by atoms with Crippen molar-refractivity contribution in [3.63, 3.8) is 0 Å². The number of hydrogen-bond donors (Lipinski definition) is 2. The summed E-state index contributed by atoms with van der Waals surface area (Å²) in [6, 6.07) is 7.96. The minimum Gasteiger partial charge on any atom is -0.454 e. The van der Waals surface area contributed by atoms with Gasteiger partial charge >= 0.3 is 0 Å². The number of rotatable bonds is 2. The van der Waals surface area contributed by atoms with Crippen molar-refractivity contribution >= 4 is 46.2 Å². The molecule has 0 aliphatic rings. The lowest BCUT2D eigenvalue weighted by atomic mass is 10.3. The van der Waals surface area contributed by atoms with E-state index in [0.29, 0.717) is 37.9 Å². The average molecular weight is 304 g/mol. The predicted molar refractivity (Wildman–Crippen MR) is 76.8 cm³/mol. The molecule has 0 saturated heterocycles. The molecule has 0 unspecified atom stereocenters. The van der Waals surface area contributed by atoms with E-state index in [9.17, 15) is 0 Å². The largest absolute Gasteiger partial charge is 0.454 e. The van der Waals surface area contributed by atoms with E-state index < -0.39 is 0 Å². The molecule has 0 aromatic heterocycles. The minimum absolute atomic E-state index is 0.353. The molecular formula is C12H9Cl3N2O. The molecular weight excluding hydrogens is 295 g/mol. The highest BCUT2D eigenvalue weighted by molar-refractivity contribution is 6.36. The standard InChI is InChI=1S/C12H9Cl3N2O/c13-6-1-2-11(10(17)3-6)18-12-5-7(14)9(16)4-8(12)15/h1-5H,16-17H2. The van der Waals surface area contributed by atoms with Crippen LogP contribution in [0, 0.1) is 0 Å². The van der Waals surface area contributed by atoms with Crippen LogP contribution >= 0.6 is 34.8 Å². The number of halogens is 3. The van der Waals surface area contributed by atoms with E-state index in [1.807, 2.05) is 0 Å². The normalized spacial score (nSPS) is 10.4. The molecule has 0 bridgehead atoms. The summed E-state index contributed by atoms with van der Waals surface area (Å²) in [5.41, 5.74) is 12.2. The highest BCUT2D eigenvalue weighted by atomic mass is 35.5. The first-order valence-corrected chi connectivity index (χ1v) is 6.08. The fourth-order valence-corrected chi connectivity index (χ4v) is 1.90. The summed E-state index contributed by atoms with van der Waals surface area (Å²) >= 11 is 17.7. The Morgan fingerprint density at radius 3 is 2.17 bits per heavy atom. The summed E-state index contributed by atoms with van der Waals surface area (Å²) < 4.78 is 5.58. The van der Waals surface area contributed by atoms with E-state index in [0.717, 1.165) is 0 Å². The summed E-state index contributed by atoms with van der Waals surface area (Å²) in [7, 11) is 0. The molecule has 0 fully saturated rings. The number of anilines is 2. The molecule has 2 aromatic carbocycles. The zero-order valence-corrected chi connectivity index (χ0v) is 11.4. The van der Waals surface area contributed by atoms with Crippen molar-refractivity contribution in [2.75, 3.05) is 11.5 Å². The van der Waals surface area contributed by atoms with Gasteiger partial charge in [0.25, 0.3) is 0 Å². The molecule has 0 aliphatic carbocycles. The molecule has 94 valence electrons. The average Bonchev–Trinajstić information content (AvgIpc) is 2.29. The summed E-state index contributed by atoms with van der Waals surface area (Å²) in [4.78, 5) is 0. The monoisotopic (exact) mass is 302 g/mol. The van der Waals surface area contributed by atoms with Gasteiger partial charge in [-0.1, -0.05) is 34.8 Å². The maximum atomic E-state index is 6.00. The summed E-state index contributed by atoms with van der Waals surface area (Å²) in [5.74, 6) is 0.826. The Morgan fingerprint density at radius 1 is 0.778 bits per heavy atom. The Hall–Kier alpha value is -1.29. The number of ether oxygens (including phenoxy) is 1. The first-order chi connectivity index (χ1) is 8.47. The van der Waals surface area contributed by atoms with Crippen LogP contribution in [0.1, 0.15) is 0 Å². The Labute approximate surface area is 119 Å². The van der Waals surface area contributed by atoms with Crippen LogP contribution in [-0.2, 0) is 0 Å². The summed E-state index contributed by atoms with van der Waals surface area (Å²) in [5, 5.41) is 1.24. The van der Waals surface area contributed by atoms with Crippen molar-refractivity contribution in [2.24, 2.45) is 0 Å². The van der Waals surface area contributed by atoms with Gasteiger partial charge in [0.15, 0.2) is 0 Å². The first kappa shape index (κ1) is 13.1. The van der Waals surface area contributed by atoms with Gasteiger partial charge < -0.3 is 16.2 Å². The number of nitrogen functional groups attached to an aromatic ring is 2. The Bertz CT molecular complexity index is 602. The first-order valence-electron chi connectivity index (χ1n) is 4.95. The van der Waals surface area contributed by atoms with Crippen LogP contribution in [0.4, 0.5) is 11.4 Å². The molecule has 0 aliphatic heterocycles. The van der Waals surface area contributed by atoms with Crippen molar-refractivity contribution in [3.8, 4) is 11.5 Å². The second-order valence-corrected chi connectivity index (χ2v) is 4.84. The zero-order valence-electron chi connectivity index (χ0n) is 9.08. The van der Waals surface area contributed by atoms with Crippen LogP contribution in [0.5, 0.6) is 11.5 Å². The maximum Gasteiger partial charge on any atom is 0.150 e. The topological polar surface area (TPSA) is 61.3 Å². The molecule has 3 nitrogen and oxygen atoms in total. The molecule has 0 saturated carbocycles. The van der Waals surface area contributed by atoms with Gasteiger partial charge in [0.1, 0.15) is 11.5 Å². The van der Waals surface area contributed by atoms with E-state index in [-0.39, 0.29) is 0 Å². The summed E-state index contributed by atoms with van der Waals surface area (Å²) in [6.07, 6.45) is 0. The minimum atomic E-state index is 0.353. The van der Waals surface area contributed by atoms with Crippen LogP contribution in [-0.4, -0.2) is 0 Å². The van der Waals surface area contributed by atoms with E-state index in [4.69, 9.17) is 51.0 Å². The van der Waals surface area contributed by atoms with Crippen LogP contribution < -0.4 is 16.2 Å². The van der Waals surface area contributed by atoms with Crippen LogP contribution in [0.25, 0.3) is 0 Å². The molecule has 18 heavy (non-hydrogen) atoms. The van der Waals surface area contributed by atoms with Crippen molar-refractivity contribution in [2.45, 2.75) is 0 Å². The van der Waals surface area contributed by atoms with E-state index in [1.165, 1.54) is 12.1 Å². The van der Waals surface area contributed by atoms with Gasteiger partial charge in [0.05, 0.1) is 21.4 Å². The van der Waals surface area contributed by atoms with Gasteiger partial charge in [-0.05, 0) is 24.3 Å². The van der Waals surface area contributed by atoms with Crippen LogP contribution in [0.3, 0.4) is 0 Å². The molecule has 0 amide bonds. The van der Waals surface area contributed by atoms with Gasteiger partial charge in [0.2, 0.25) is 0 Å². The smallest absolute Gasteiger partial charge is 0.150 e. The molecule has 2 rings (SSSR count). The van der Waals surface area contributed by atoms with Crippen LogP contribution in [0.15, 0.2) is 30.3 Å². The van der Waals surface area contributed by atoms with Crippen molar-refractivity contribution < 1.29 is 4.74 Å². The lowest BCUT2D eigenvalue weighted by Gasteiger charge is -2.11. The second kappa shape index (κ2) is 5.14. The fourth-order valence-electron chi connectivity index (χ4n) is 1.35. The molecule has 0 spiro atoms. The fraction of sp³-hybridized carbons (Fsp3) is 0. The van der Waals surface area contributed by atoms with Crippen molar-refractivity contribution in [3.05, 3.63) is 45.4 Å². The lowest BCUT2D eigenvalue weighted by molar-refractivity contribution is 0.485. The Balaban J connectivity index is 2.37. The number of benzene rings is 2. The van der Waals surface area contributed by atoms with Gasteiger partial charge in [-0.2, -0.15) is 0 Å². The maximum absolute atomic E-state index is 6.00. The second-order valence-electron chi connectivity index (χ2n) is 3.59. The third-order valence-electron chi connectivity index (χ3n) is 2.24. The Morgan fingerprint density at radius 2 is 1.50 bits per heavy atom. The van der Waals surface area contributed by atoms with Gasteiger partial charge in [-0.3, -0.25) is 0 Å². The zero-order chi connectivity index (χ0) is 13.3. The Kier molecular flexibility index (Phi) is 3.76. The van der Waals surface area contributed by atoms with Crippen molar-refractivity contribution in [1.82, 2.24) is 0 Å². The van der Waals surface area contributed by atoms with E-state index >= 15 is 0 Å². The molecule has 4 N–H and O–H groups in total. The molecule has 0 heterocycles.